The van der Waals surface area contributed by atoms with Crippen LogP contribution in [0.4, 0.5) is 0 Å². The van der Waals surface area contributed by atoms with Crippen molar-refractivity contribution in [2.45, 2.75) is 49.8 Å². The average molecular weight is 614 g/mol. The molecule has 0 radical (unpaired) electrons. The van der Waals surface area contributed by atoms with Crippen molar-refractivity contribution >= 4 is 31.8 Å². The maximum absolute atomic E-state index is 11.6. The number of piperidine rings is 1. The Hall–Kier alpha value is -1.83. The average Bonchev–Trinajstić information content (AvgIpc) is 2.89. The fourth-order valence-electron chi connectivity index (χ4n) is 5.95. The highest BCUT2D eigenvalue weighted by molar-refractivity contribution is 7.86. The van der Waals surface area contributed by atoms with Crippen molar-refractivity contribution in [3.05, 3.63) is 82.4 Å². The zero-order chi connectivity index (χ0) is 29.0. The van der Waals surface area contributed by atoms with Gasteiger partial charge in [-0.3, -0.25) is 9.11 Å². The number of aliphatic hydroxyl groups is 1. The van der Waals surface area contributed by atoms with Gasteiger partial charge in [0.2, 0.25) is 0 Å². The molecule has 0 saturated carbocycles. The molecule has 2 aliphatic heterocycles. The van der Waals surface area contributed by atoms with E-state index in [1.54, 1.807) is 6.07 Å². The third-order valence-corrected chi connectivity index (χ3v) is 10.00. The Morgan fingerprint density at radius 1 is 0.950 bits per heavy atom. The second kappa shape index (κ2) is 13.0. The maximum Gasteiger partial charge on any atom is 0.265 e. The summed E-state index contributed by atoms with van der Waals surface area (Å²) in [5, 5.41) is 12.2. The normalized spacial score (nSPS) is 23.8. The quantitative estimate of drug-likeness (QED) is 0.224. The number of benzene rings is 2. The van der Waals surface area contributed by atoms with E-state index in [4.69, 9.17) is 16.2 Å². The van der Waals surface area contributed by atoms with Crippen LogP contribution in [0.2, 0.25) is 5.02 Å². The summed E-state index contributed by atoms with van der Waals surface area (Å²) in [5.74, 6) is -0.598. The van der Waals surface area contributed by atoms with Gasteiger partial charge in [-0.05, 0) is 49.6 Å². The lowest BCUT2D eigenvalue weighted by Crippen LogP contribution is -3.13. The van der Waals surface area contributed by atoms with Gasteiger partial charge >= 0.3 is 0 Å². The Bertz CT molecular complexity index is 1390. The van der Waals surface area contributed by atoms with Crippen LogP contribution in [0, 0.1) is 0 Å². The van der Waals surface area contributed by atoms with Crippen LogP contribution in [-0.4, -0.2) is 73.6 Å². The number of likely N-dealkylation sites (tertiary alicyclic amines) is 1. The van der Waals surface area contributed by atoms with Crippen molar-refractivity contribution in [1.29, 1.82) is 0 Å². The Balaban J connectivity index is 1.56. The van der Waals surface area contributed by atoms with Crippen molar-refractivity contribution < 1.29 is 35.9 Å². The highest BCUT2D eigenvalue weighted by Crippen LogP contribution is 2.37. The molecule has 220 valence electrons. The molecule has 2 aromatic carbocycles. The number of halogens is 1. The van der Waals surface area contributed by atoms with Gasteiger partial charge in [0.15, 0.2) is 0 Å². The molecule has 0 bridgehead atoms. The highest BCUT2D eigenvalue weighted by Gasteiger charge is 2.38. The summed E-state index contributed by atoms with van der Waals surface area (Å²) in [6, 6.07) is 15.5. The van der Waals surface area contributed by atoms with Gasteiger partial charge in [0.25, 0.3) is 20.2 Å². The minimum Gasteiger partial charge on any atom is -0.385 e. The van der Waals surface area contributed by atoms with Crippen molar-refractivity contribution in [3.8, 4) is 0 Å². The minimum absolute atomic E-state index is 0.0615. The smallest absolute Gasteiger partial charge is 0.265 e. The molecule has 40 heavy (non-hydrogen) atoms. The van der Waals surface area contributed by atoms with Gasteiger partial charge in [-0.1, -0.05) is 54.1 Å². The molecule has 0 amide bonds. The van der Waals surface area contributed by atoms with Crippen LogP contribution >= 0.6 is 11.6 Å². The largest absolute Gasteiger partial charge is 0.385 e. The molecular formula is C28H38ClN2O7S2+. The van der Waals surface area contributed by atoms with Crippen LogP contribution in [0.15, 0.2) is 60.7 Å². The van der Waals surface area contributed by atoms with E-state index in [1.807, 2.05) is 30.3 Å². The molecule has 4 N–H and O–H groups in total. The van der Waals surface area contributed by atoms with Crippen LogP contribution in [0.1, 0.15) is 60.9 Å². The van der Waals surface area contributed by atoms with Crippen LogP contribution in [-0.2, 0) is 25.8 Å². The third kappa shape index (κ3) is 8.36. The van der Waals surface area contributed by atoms with Crippen molar-refractivity contribution in [1.82, 2.24) is 4.90 Å². The zero-order valence-electron chi connectivity index (χ0n) is 22.3. The molecule has 1 saturated heterocycles. The topological polar surface area (TPSA) is 137 Å². The Labute approximate surface area is 242 Å². The van der Waals surface area contributed by atoms with Crippen LogP contribution < -0.4 is 4.90 Å². The fraction of sp³-hybridized carbons (Fsp3) is 0.500. The number of nitrogens with one attached hydrogen (secondary N) is 1. The van der Waals surface area contributed by atoms with E-state index in [0.29, 0.717) is 50.5 Å². The van der Waals surface area contributed by atoms with Crippen LogP contribution in [0.3, 0.4) is 0 Å². The lowest BCUT2D eigenvalue weighted by Gasteiger charge is -2.40. The van der Waals surface area contributed by atoms with Crippen LogP contribution in [0.25, 0.3) is 0 Å². The lowest BCUT2D eigenvalue weighted by atomic mass is 9.82. The van der Waals surface area contributed by atoms with E-state index in [-0.39, 0.29) is 30.0 Å². The second-order valence-corrected chi connectivity index (χ2v) is 14.4. The predicted octanol–water partition coefficient (Wildman–Crippen LogP) is 2.81. The number of quaternary nitrogens is 1. The SMILES string of the molecule is O=S(=O)(O)CCCN1CCC(O)(c2ccc(Cl)c(C3C=CCC(c4ccccc4)[NH+]3CCCS(=O)(=O)O)c2)CC1. The monoisotopic (exact) mass is 613 g/mol. The summed E-state index contributed by atoms with van der Waals surface area (Å²) < 4.78 is 63.2. The summed E-state index contributed by atoms with van der Waals surface area (Å²) >= 11 is 6.75. The molecule has 0 aromatic heterocycles. The van der Waals surface area contributed by atoms with Gasteiger partial charge in [-0.15, -0.1) is 0 Å². The fourth-order valence-corrected chi connectivity index (χ4v) is 7.19. The zero-order valence-corrected chi connectivity index (χ0v) is 24.7. The third-order valence-electron chi connectivity index (χ3n) is 8.05. The number of hydrogen-bond acceptors (Lipinski definition) is 6. The second-order valence-electron chi connectivity index (χ2n) is 10.8. The van der Waals surface area contributed by atoms with E-state index < -0.39 is 25.8 Å². The molecule has 12 heteroatoms. The standard InChI is InChI=1S/C28H37ClN2O7S2/c29-25-12-11-23(28(32)13-17-30(18-14-28)15-5-19-39(33,34)35)21-24(25)27-10-4-9-26(22-7-2-1-3-8-22)31(27)16-6-20-40(36,37)38/h1-4,7-8,10-12,21,26-27,32H,5-6,9,13-20H2,(H,33,34,35)(H,36,37,38)/p+1. The molecule has 0 aliphatic carbocycles. The minimum atomic E-state index is -4.08. The number of hydrogen-bond donors (Lipinski definition) is 4. The van der Waals surface area contributed by atoms with Crippen molar-refractivity contribution in [3.63, 3.8) is 0 Å². The lowest BCUT2D eigenvalue weighted by molar-refractivity contribution is -0.957. The Morgan fingerprint density at radius 3 is 2.25 bits per heavy atom. The first-order valence-corrected chi connectivity index (χ1v) is 17.2. The van der Waals surface area contributed by atoms with Gasteiger partial charge in [0.1, 0.15) is 12.1 Å². The summed E-state index contributed by atoms with van der Waals surface area (Å²) in [6.45, 7) is 2.20. The summed E-state index contributed by atoms with van der Waals surface area (Å²) in [7, 11) is -8.07. The molecule has 2 aromatic rings. The van der Waals surface area contributed by atoms with E-state index in [0.717, 1.165) is 28.0 Å². The van der Waals surface area contributed by atoms with Gasteiger partial charge in [-0.2, -0.15) is 16.8 Å². The molecule has 3 atom stereocenters. The maximum atomic E-state index is 11.6. The van der Waals surface area contributed by atoms with Gasteiger partial charge < -0.3 is 14.9 Å². The summed E-state index contributed by atoms with van der Waals surface area (Å²) in [6.07, 6.45) is 6.55. The molecule has 0 spiro atoms. The molecule has 1 fully saturated rings. The highest BCUT2D eigenvalue weighted by atomic mass is 35.5. The summed E-state index contributed by atoms with van der Waals surface area (Å²) in [4.78, 5) is 3.21. The van der Waals surface area contributed by atoms with E-state index in [1.165, 1.54) is 0 Å². The molecule has 2 aliphatic rings. The first-order chi connectivity index (χ1) is 18.8. The van der Waals surface area contributed by atoms with Gasteiger partial charge in [0.05, 0.1) is 28.7 Å². The van der Waals surface area contributed by atoms with E-state index in [9.17, 15) is 26.5 Å². The van der Waals surface area contributed by atoms with Crippen molar-refractivity contribution in [2.75, 3.05) is 37.7 Å². The van der Waals surface area contributed by atoms with Gasteiger partial charge in [0, 0.05) is 37.1 Å². The number of rotatable bonds is 11. The number of nitrogens with zero attached hydrogens (tertiary/aromatic N) is 1. The molecule has 3 unspecified atom stereocenters. The van der Waals surface area contributed by atoms with Crippen LogP contribution in [0.5, 0.6) is 0 Å². The Kier molecular flexibility index (Phi) is 10.1. The van der Waals surface area contributed by atoms with Crippen molar-refractivity contribution in [2.24, 2.45) is 0 Å². The summed E-state index contributed by atoms with van der Waals surface area (Å²) in [5.41, 5.74) is 1.67. The Morgan fingerprint density at radius 2 is 1.60 bits per heavy atom. The first-order valence-electron chi connectivity index (χ1n) is 13.6. The van der Waals surface area contributed by atoms with E-state index in [2.05, 4.69) is 29.2 Å². The molecule has 2 heterocycles. The molecule has 9 nitrogen and oxygen atoms in total. The van der Waals surface area contributed by atoms with E-state index >= 15 is 0 Å². The molecule has 4 rings (SSSR count). The first kappa shape index (κ1) is 31.1. The molecular weight excluding hydrogens is 576 g/mol. The van der Waals surface area contributed by atoms with Gasteiger partial charge in [-0.25, -0.2) is 0 Å². The predicted molar refractivity (Wildman–Crippen MR) is 155 cm³/mol.